The Balaban J connectivity index is 1.48. The molecule has 3 heterocycles. The predicted molar refractivity (Wildman–Crippen MR) is 123 cm³/mol. The van der Waals surface area contributed by atoms with Crippen molar-refractivity contribution in [2.75, 3.05) is 0 Å². The van der Waals surface area contributed by atoms with Crippen LogP contribution in [-0.2, 0) is 12.3 Å². The van der Waals surface area contributed by atoms with E-state index in [0.717, 1.165) is 22.6 Å². The first kappa shape index (κ1) is 20.4. The zero-order valence-corrected chi connectivity index (χ0v) is 18.6. The Labute approximate surface area is 189 Å². The molecule has 0 atom stereocenters. The van der Waals surface area contributed by atoms with E-state index in [2.05, 4.69) is 20.2 Å². The van der Waals surface area contributed by atoms with Crippen LogP contribution in [-0.4, -0.2) is 29.1 Å². The molecular weight excluding hydrogens is 423 g/mol. The molecule has 160 valence electrons. The Bertz CT molecular complexity index is 1390. The average molecular weight is 445 g/mol. The van der Waals surface area contributed by atoms with Crippen molar-refractivity contribution in [2.24, 2.45) is 0 Å². The van der Waals surface area contributed by atoms with E-state index in [9.17, 15) is 4.39 Å². The van der Waals surface area contributed by atoms with Crippen molar-refractivity contribution in [3.63, 3.8) is 0 Å². The van der Waals surface area contributed by atoms with Crippen LogP contribution in [0.3, 0.4) is 0 Å². The molecule has 0 saturated carbocycles. The fraction of sp³-hybridized carbons (Fsp3) is 0.167. The van der Waals surface area contributed by atoms with Gasteiger partial charge >= 0.3 is 0 Å². The van der Waals surface area contributed by atoms with E-state index in [4.69, 9.17) is 0 Å². The maximum atomic E-state index is 14.5. The molecule has 0 aliphatic heterocycles. The monoisotopic (exact) mass is 444 g/mol. The number of halogens is 1. The molecule has 0 aliphatic carbocycles. The zero-order chi connectivity index (χ0) is 22.1. The maximum absolute atomic E-state index is 14.5. The lowest BCUT2D eigenvalue weighted by Gasteiger charge is -2.10. The number of hydrogen-bond acceptors (Lipinski definition) is 5. The highest BCUT2D eigenvalue weighted by Crippen LogP contribution is 2.28. The standard InChI is InChI=1S/C24H21FN6S/c1-16-12-17(2)30-14-19(27-23(30)26-16)15-32-24-29-28-22(20-10-6-7-11-21(20)25)31(24)13-18-8-4-3-5-9-18/h3-12,14H,13,15H2,1-2H3. The molecule has 2 aromatic carbocycles. The van der Waals surface area contributed by atoms with E-state index in [1.807, 2.05) is 65.4 Å². The zero-order valence-electron chi connectivity index (χ0n) is 17.7. The van der Waals surface area contributed by atoms with E-state index in [0.29, 0.717) is 34.6 Å². The molecule has 0 aliphatic rings. The third-order valence-electron chi connectivity index (χ3n) is 5.18. The van der Waals surface area contributed by atoms with E-state index in [1.54, 1.807) is 18.2 Å². The van der Waals surface area contributed by atoms with Crippen molar-refractivity contribution in [1.82, 2.24) is 29.1 Å². The number of benzene rings is 2. The van der Waals surface area contributed by atoms with Gasteiger partial charge in [-0.25, -0.2) is 14.4 Å². The van der Waals surface area contributed by atoms with Crippen molar-refractivity contribution >= 4 is 17.5 Å². The Kier molecular flexibility index (Phi) is 5.45. The summed E-state index contributed by atoms with van der Waals surface area (Å²) in [7, 11) is 0. The predicted octanol–water partition coefficient (Wildman–Crippen LogP) is 5.08. The smallest absolute Gasteiger partial charge is 0.234 e. The van der Waals surface area contributed by atoms with Crippen LogP contribution in [0.1, 0.15) is 22.6 Å². The van der Waals surface area contributed by atoms with Gasteiger partial charge in [0.1, 0.15) is 5.82 Å². The average Bonchev–Trinajstić information content (AvgIpc) is 3.37. The molecule has 0 N–H and O–H groups in total. The van der Waals surface area contributed by atoms with E-state index in [-0.39, 0.29) is 5.82 Å². The minimum atomic E-state index is -0.317. The van der Waals surface area contributed by atoms with E-state index in [1.165, 1.54) is 17.8 Å². The van der Waals surface area contributed by atoms with E-state index >= 15 is 0 Å². The van der Waals surface area contributed by atoms with E-state index < -0.39 is 0 Å². The van der Waals surface area contributed by atoms with Crippen LogP contribution in [0.2, 0.25) is 0 Å². The highest BCUT2D eigenvalue weighted by molar-refractivity contribution is 7.98. The SMILES string of the molecule is Cc1cc(C)n2cc(CSc3nnc(-c4ccccc4F)n3Cc3ccccc3)nc2n1. The molecule has 6 nitrogen and oxygen atoms in total. The number of hydrogen-bond donors (Lipinski definition) is 0. The minimum absolute atomic E-state index is 0.317. The molecule has 3 aromatic heterocycles. The fourth-order valence-electron chi connectivity index (χ4n) is 3.67. The molecule has 0 amide bonds. The Morgan fingerprint density at radius 2 is 1.72 bits per heavy atom. The summed E-state index contributed by atoms with van der Waals surface area (Å²) in [6.45, 7) is 4.55. The minimum Gasteiger partial charge on any atom is -0.297 e. The van der Waals surface area contributed by atoms with Crippen LogP contribution in [0, 0.1) is 19.7 Å². The summed E-state index contributed by atoms with van der Waals surface area (Å²) in [5.41, 5.74) is 4.46. The van der Waals surface area contributed by atoms with Gasteiger partial charge in [0.05, 0.1) is 17.8 Å². The van der Waals surface area contributed by atoms with Crippen molar-refractivity contribution in [2.45, 2.75) is 31.3 Å². The lowest BCUT2D eigenvalue weighted by atomic mass is 10.2. The van der Waals surface area contributed by atoms with Gasteiger partial charge in [0, 0.05) is 23.3 Å². The molecule has 8 heteroatoms. The van der Waals surface area contributed by atoms with Crippen LogP contribution < -0.4 is 0 Å². The Hall–Kier alpha value is -3.52. The van der Waals surface area contributed by atoms with Gasteiger partial charge in [0.2, 0.25) is 5.78 Å². The molecular formula is C24H21FN6S. The molecule has 0 fully saturated rings. The van der Waals surface area contributed by atoms with Gasteiger partial charge in [-0.3, -0.25) is 8.97 Å². The van der Waals surface area contributed by atoms with Gasteiger partial charge in [-0.1, -0.05) is 54.2 Å². The van der Waals surface area contributed by atoms with Crippen molar-refractivity contribution in [3.05, 3.63) is 95.3 Å². The summed E-state index contributed by atoms with van der Waals surface area (Å²) in [5.74, 6) is 1.49. The lowest BCUT2D eigenvalue weighted by Crippen LogP contribution is -2.05. The van der Waals surface area contributed by atoms with Crippen molar-refractivity contribution < 1.29 is 4.39 Å². The quantitative estimate of drug-likeness (QED) is 0.342. The van der Waals surface area contributed by atoms with Crippen LogP contribution in [0.15, 0.2) is 72.0 Å². The largest absolute Gasteiger partial charge is 0.297 e. The maximum Gasteiger partial charge on any atom is 0.234 e. The first-order chi connectivity index (χ1) is 15.6. The summed E-state index contributed by atoms with van der Waals surface area (Å²) in [5, 5.41) is 9.44. The van der Waals surface area contributed by atoms with Gasteiger partial charge in [0.15, 0.2) is 11.0 Å². The third-order valence-corrected chi connectivity index (χ3v) is 6.18. The number of thioether (sulfide) groups is 1. The summed E-state index contributed by atoms with van der Waals surface area (Å²) >= 11 is 1.53. The second kappa shape index (κ2) is 8.55. The number of aryl methyl sites for hydroxylation is 2. The second-order valence-corrected chi connectivity index (χ2v) is 8.53. The van der Waals surface area contributed by atoms with Gasteiger partial charge < -0.3 is 0 Å². The summed E-state index contributed by atoms with van der Waals surface area (Å²) < 4.78 is 18.5. The molecule has 0 spiro atoms. The molecule has 0 unspecified atom stereocenters. The number of rotatable bonds is 6. The fourth-order valence-corrected chi connectivity index (χ4v) is 4.49. The highest BCUT2D eigenvalue weighted by Gasteiger charge is 2.18. The van der Waals surface area contributed by atoms with Gasteiger partial charge in [-0.05, 0) is 37.6 Å². The van der Waals surface area contributed by atoms with Gasteiger partial charge in [0.25, 0.3) is 0 Å². The topological polar surface area (TPSA) is 60.9 Å². The lowest BCUT2D eigenvalue weighted by molar-refractivity contribution is 0.626. The highest BCUT2D eigenvalue weighted by atomic mass is 32.2. The van der Waals surface area contributed by atoms with Crippen LogP contribution in [0.4, 0.5) is 4.39 Å². The first-order valence-corrected chi connectivity index (χ1v) is 11.2. The summed E-state index contributed by atoms with van der Waals surface area (Å²) in [6.07, 6.45) is 2.00. The summed E-state index contributed by atoms with van der Waals surface area (Å²) in [4.78, 5) is 9.16. The number of aromatic nitrogens is 6. The Morgan fingerprint density at radius 3 is 2.53 bits per heavy atom. The molecule has 32 heavy (non-hydrogen) atoms. The Morgan fingerprint density at radius 1 is 0.938 bits per heavy atom. The number of imidazole rings is 1. The van der Waals surface area contributed by atoms with Gasteiger partial charge in [-0.2, -0.15) is 0 Å². The normalized spacial score (nSPS) is 11.3. The molecule has 5 rings (SSSR count). The molecule has 0 bridgehead atoms. The number of fused-ring (bicyclic) bond motifs is 1. The molecule has 5 aromatic rings. The number of nitrogens with zero attached hydrogens (tertiary/aromatic N) is 6. The van der Waals surface area contributed by atoms with Crippen LogP contribution in [0.5, 0.6) is 0 Å². The molecule has 0 saturated heterocycles. The first-order valence-electron chi connectivity index (χ1n) is 10.3. The van der Waals surface area contributed by atoms with Crippen molar-refractivity contribution in [1.29, 1.82) is 0 Å². The third kappa shape index (κ3) is 4.01. The van der Waals surface area contributed by atoms with Crippen molar-refractivity contribution in [3.8, 4) is 11.4 Å². The van der Waals surface area contributed by atoms with Crippen LogP contribution in [0.25, 0.3) is 17.2 Å². The second-order valence-electron chi connectivity index (χ2n) is 7.59. The van der Waals surface area contributed by atoms with Crippen LogP contribution >= 0.6 is 11.8 Å². The summed E-state index contributed by atoms with van der Waals surface area (Å²) in [6, 6.07) is 18.7. The molecule has 0 radical (unpaired) electrons. The van der Waals surface area contributed by atoms with Gasteiger partial charge in [-0.15, -0.1) is 10.2 Å².